The molecule has 2 heteroatoms. The zero-order valence-electron chi connectivity index (χ0n) is 10.7. The predicted molar refractivity (Wildman–Crippen MR) is 76.3 cm³/mol. The summed E-state index contributed by atoms with van der Waals surface area (Å²) in [6.07, 6.45) is 0. The van der Waals surface area contributed by atoms with Crippen molar-refractivity contribution in [1.82, 2.24) is 0 Å². The van der Waals surface area contributed by atoms with E-state index in [4.69, 9.17) is 11.6 Å². The monoisotopic (exact) mass is 260 g/mol. The summed E-state index contributed by atoms with van der Waals surface area (Å²) >= 11 is 5.90. The van der Waals surface area contributed by atoms with Gasteiger partial charge in [-0.1, -0.05) is 47.5 Å². The third-order valence-corrected chi connectivity index (χ3v) is 3.51. The normalized spacial score (nSPS) is 12.4. The van der Waals surface area contributed by atoms with Crippen molar-refractivity contribution in [3.8, 4) is 0 Å². The number of aliphatic hydroxyl groups is 1. The Kier molecular flexibility index (Phi) is 4.05. The minimum atomic E-state index is 0.0165. The van der Waals surface area contributed by atoms with Crippen molar-refractivity contribution < 1.29 is 5.11 Å². The van der Waals surface area contributed by atoms with E-state index in [0.717, 1.165) is 10.6 Å². The highest BCUT2D eigenvalue weighted by molar-refractivity contribution is 6.30. The van der Waals surface area contributed by atoms with Gasteiger partial charge < -0.3 is 5.11 Å². The SMILES string of the molecule is Cc1ccc(C(CO)c2ccc(Cl)cc2)c(C)c1. The zero-order chi connectivity index (χ0) is 13.1. The average molecular weight is 261 g/mol. The Labute approximate surface area is 113 Å². The standard InChI is InChI=1S/C16H17ClO/c1-11-3-8-15(12(2)9-11)16(10-18)13-4-6-14(17)7-5-13/h3-9,16,18H,10H2,1-2H3. The van der Waals surface area contributed by atoms with E-state index in [2.05, 4.69) is 32.0 Å². The van der Waals surface area contributed by atoms with Crippen LogP contribution in [0.4, 0.5) is 0 Å². The molecule has 0 heterocycles. The lowest BCUT2D eigenvalue weighted by Crippen LogP contribution is -2.07. The lowest BCUT2D eigenvalue weighted by molar-refractivity contribution is 0.280. The summed E-state index contributed by atoms with van der Waals surface area (Å²) in [7, 11) is 0. The van der Waals surface area contributed by atoms with E-state index in [1.807, 2.05) is 24.3 Å². The molecule has 1 atom stereocenters. The van der Waals surface area contributed by atoms with Crippen molar-refractivity contribution in [3.05, 3.63) is 69.7 Å². The summed E-state index contributed by atoms with van der Waals surface area (Å²) < 4.78 is 0. The molecule has 0 aliphatic rings. The van der Waals surface area contributed by atoms with E-state index in [1.54, 1.807) is 0 Å². The molecular weight excluding hydrogens is 244 g/mol. The van der Waals surface area contributed by atoms with Crippen molar-refractivity contribution in [2.24, 2.45) is 0 Å². The Morgan fingerprint density at radius 1 is 1.06 bits per heavy atom. The van der Waals surface area contributed by atoms with Gasteiger partial charge in [0.1, 0.15) is 0 Å². The summed E-state index contributed by atoms with van der Waals surface area (Å²) in [5.41, 5.74) is 4.72. The van der Waals surface area contributed by atoms with Crippen LogP contribution in [-0.4, -0.2) is 11.7 Å². The molecule has 1 N–H and O–H groups in total. The number of hydrogen-bond acceptors (Lipinski definition) is 1. The third kappa shape index (κ3) is 2.74. The molecule has 94 valence electrons. The number of rotatable bonds is 3. The van der Waals surface area contributed by atoms with E-state index in [1.165, 1.54) is 16.7 Å². The Bertz CT molecular complexity index is 531. The number of halogens is 1. The van der Waals surface area contributed by atoms with Gasteiger partial charge in [-0.25, -0.2) is 0 Å². The second-order valence-corrected chi connectivity index (χ2v) is 5.08. The van der Waals surface area contributed by atoms with Crippen LogP contribution in [-0.2, 0) is 0 Å². The van der Waals surface area contributed by atoms with Crippen LogP contribution in [0.5, 0.6) is 0 Å². The van der Waals surface area contributed by atoms with E-state index >= 15 is 0 Å². The maximum Gasteiger partial charge on any atom is 0.0540 e. The Hall–Kier alpha value is -1.31. The molecule has 1 nitrogen and oxygen atoms in total. The number of aliphatic hydroxyl groups excluding tert-OH is 1. The maximum atomic E-state index is 9.66. The fourth-order valence-corrected chi connectivity index (χ4v) is 2.42. The van der Waals surface area contributed by atoms with Crippen molar-refractivity contribution >= 4 is 11.6 Å². The molecule has 0 fully saturated rings. The molecule has 2 aromatic rings. The number of aryl methyl sites for hydroxylation is 2. The highest BCUT2D eigenvalue weighted by Gasteiger charge is 2.15. The van der Waals surface area contributed by atoms with Gasteiger partial charge in [0.15, 0.2) is 0 Å². The van der Waals surface area contributed by atoms with Crippen LogP contribution in [0, 0.1) is 13.8 Å². The molecule has 0 saturated carbocycles. The molecule has 0 aromatic heterocycles. The summed E-state index contributed by atoms with van der Waals surface area (Å²) in [4.78, 5) is 0. The summed E-state index contributed by atoms with van der Waals surface area (Å²) in [6, 6.07) is 14.0. The fourth-order valence-electron chi connectivity index (χ4n) is 2.30. The topological polar surface area (TPSA) is 20.2 Å². The molecular formula is C16H17ClO. The van der Waals surface area contributed by atoms with Gasteiger partial charge in [0.25, 0.3) is 0 Å². The van der Waals surface area contributed by atoms with Crippen molar-refractivity contribution in [1.29, 1.82) is 0 Å². The largest absolute Gasteiger partial charge is 0.395 e. The number of benzene rings is 2. The molecule has 18 heavy (non-hydrogen) atoms. The third-order valence-electron chi connectivity index (χ3n) is 3.26. The molecule has 2 rings (SSSR count). The van der Waals surface area contributed by atoms with Gasteiger partial charge in [-0.05, 0) is 42.7 Å². The van der Waals surface area contributed by atoms with Crippen LogP contribution >= 0.6 is 11.6 Å². The van der Waals surface area contributed by atoms with Crippen LogP contribution < -0.4 is 0 Å². The first-order valence-corrected chi connectivity index (χ1v) is 6.43. The zero-order valence-corrected chi connectivity index (χ0v) is 11.4. The maximum absolute atomic E-state index is 9.66. The highest BCUT2D eigenvalue weighted by Crippen LogP contribution is 2.28. The average Bonchev–Trinajstić information content (AvgIpc) is 2.35. The molecule has 0 saturated heterocycles. The molecule has 2 aromatic carbocycles. The van der Waals surface area contributed by atoms with Crippen LogP contribution in [0.25, 0.3) is 0 Å². The fraction of sp³-hybridized carbons (Fsp3) is 0.250. The van der Waals surface area contributed by atoms with Gasteiger partial charge in [0, 0.05) is 10.9 Å². The van der Waals surface area contributed by atoms with Crippen LogP contribution in [0.1, 0.15) is 28.2 Å². The molecule has 1 unspecified atom stereocenters. The Balaban J connectivity index is 2.41. The van der Waals surface area contributed by atoms with E-state index in [-0.39, 0.29) is 12.5 Å². The summed E-state index contributed by atoms with van der Waals surface area (Å²) in [5, 5.41) is 10.4. The van der Waals surface area contributed by atoms with E-state index in [0.29, 0.717) is 0 Å². The second-order valence-electron chi connectivity index (χ2n) is 4.65. The first-order valence-electron chi connectivity index (χ1n) is 6.05. The summed E-state index contributed by atoms with van der Waals surface area (Å²) in [5.74, 6) is 0.0165. The van der Waals surface area contributed by atoms with Gasteiger partial charge in [0.2, 0.25) is 0 Å². The van der Waals surface area contributed by atoms with Crippen LogP contribution in [0.2, 0.25) is 5.02 Å². The first-order chi connectivity index (χ1) is 8.61. The minimum Gasteiger partial charge on any atom is -0.395 e. The molecule has 0 radical (unpaired) electrons. The van der Waals surface area contributed by atoms with E-state index < -0.39 is 0 Å². The van der Waals surface area contributed by atoms with Crippen molar-refractivity contribution in [3.63, 3.8) is 0 Å². The molecule has 0 spiro atoms. The van der Waals surface area contributed by atoms with Gasteiger partial charge in [-0.2, -0.15) is 0 Å². The quantitative estimate of drug-likeness (QED) is 0.882. The Morgan fingerprint density at radius 3 is 2.28 bits per heavy atom. The second kappa shape index (κ2) is 5.55. The molecule has 0 aliphatic carbocycles. The molecule has 0 amide bonds. The minimum absolute atomic E-state index is 0.0165. The van der Waals surface area contributed by atoms with E-state index in [9.17, 15) is 5.11 Å². The van der Waals surface area contributed by atoms with Gasteiger partial charge >= 0.3 is 0 Å². The van der Waals surface area contributed by atoms with Crippen molar-refractivity contribution in [2.45, 2.75) is 19.8 Å². The first kappa shape index (κ1) is 13.1. The summed E-state index contributed by atoms with van der Waals surface area (Å²) in [6.45, 7) is 4.26. The predicted octanol–water partition coefficient (Wildman–Crippen LogP) is 4.08. The lowest BCUT2D eigenvalue weighted by atomic mass is 9.88. The van der Waals surface area contributed by atoms with Gasteiger partial charge in [0.05, 0.1) is 6.61 Å². The highest BCUT2D eigenvalue weighted by atomic mass is 35.5. The van der Waals surface area contributed by atoms with Crippen LogP contribution in [0.15, 0.2) is 42.5 Å². The molecule has 0 aliphatic heterocycles. The Morgan fingerprint density at radius 2 is 1.72 bits per heavy atom. The van der Waals surface area contributed by atoms with Gasteiger partial charge in [-0.15, -0.1) is 0 Å². The van der Waals surface area contributed by atoms with Crippen LogP contribution in [0.3, 0.4) is 0 Å². The number of hydrogen-bond donors (Lipinski definition) is 1. The smallest absolute Gasteiger partial charge is 0.0540 e. The van der Waals surface area contributed by atoms with Crippen molar-refractivity contribution in [2.75, 3.05) is 6.61 Å². The lowest BCUT2D eigenvalue weighted by Gasteiger charge is -2.18. The van der Waals surface area contributed by atoms with Gasteiger partial charge in [-0.3, -0.25) is 0 Å². The molecule has 0 bridgehead atoms.